The maximum absolute atomic E-state index is 2.42. The average Bonchev–Trinajstić information content (AvgIpc) is 2.17. The third-order valence-corrected chi connectivity index (χ3v) is 3.19. The largest absolute Gasteiger partial charge is 0.0807 e. The standard InChI is InChI=1S/C13H18/c1-10(2)12-9-5-7-11-6-3-4-8-13(11)12/h3-4,7-8,10,12H,5-6,9H2,1-2H3. The summed E-state index contributed by atoms with van der Waals surface area (Å²) in [5.41, 5.74) is 3.20. The Hall–Kier alpha value is -0.780. The third-order valence-electron chi connectivity index (χ3n) is 3.19. The summed E-state index contributed by atoms with van der Waals surface area (Å²) in [6.07, 6.45) is 13.0. The van der Waals surface area contributed by atoms with Gasteiger partial charge in [-0.15, -0.1) is 0 Å². The van der Waals surface area contributed by atoms with E-state index in [-0.39, 0.29) is 0 Å². The van der Waals surface area contributed by atoms with Crippen LogP contribution in [0.5, 0.6) is 0 Å². The number of allylic oxidation sites excluding steroid dienone is 6. The molecule has 0 aromatic rings. The van der Waals surface area contributed by atoms with Crippen LogP contribution in [-0.4, -0.2) is 0 Å². The Labute approximate surface area is 81.0 Å². The Balaban J connectivity index is 2.29. The average molecular weight is 174 g/mol. The molecule has 70 valence electrons. The van der Waals surface area contributed by atoms with Crippen LogP contribution in [0.3, 0.4) is 0 Å². The summed E-state index contributed by atoms with van der Waals surface area (Å²) in [5, 5.41) is 0. The van der Waals surface area contributed by atoms with Gasteiger partial charge in [0.2, 0.25) is 0 Å². The van der Waals surface area contributed by atoms with Gasteiger partial charge in [-0.3, -0.25) is 0 Å². The van der Waals surface area contributed by atoms with Crippen molar-refractivity contribution in [3.05, 3.63) is 35.5 Å². The molecule has 0 N–H and O–H groups in total. The molecule has 2 rings (SSSR count). The van der Waals surface area contributed by atoms with Gasteiger partial charge in [-0.2, -0.15) is 0 Å². The van der Waals surface area contributed by atoms with Crippen molar-refractivity contribution >= 4 is 0 Å². The smallest absolute Gasteiger partial charge is 0.00947 e. The van der Waals surface area contributed by atoms with Crippen molar-refractivity contribution < 1.29 is 0 Å². The molecule has 0 aliphatic heterocycles. The molecule has 0 amide bonds. The predicted octanol–water partition coefficient (Wildman–Crippen LogP) is 3.87. The molecule has 2 aliphatic rings. The van der Waals surface area contributed by atoms with Crippen LogP contribution in [0.25, 0.3) is 0 Å². The Morgan fingerprint density at radius 3 is 3.00 bits per heavy atom. The highest BCUT2D eigenvalue weighted by molar-refractivity contribution is 5.42. The molecule has 1 unspecified atom stereocenters. The minimum Gasteiger partial charge on any atom is -0.0807 e. The second kappa shape index (κ2) is 3.53. The molecule has 0 heteroatoms. The quantitative estimate of drug-likeness (QED) is 0.566. The van der Waals surface area contributed by atoms with Crippen molar-refractivity contribution in [1.29, 1.82) is 0 Å². The minimum absolute atomic E-state index is 0.793. The van der Waals surface area contributed by atoms with E-state index in [0.717, 1.165) is 18.3 Å². The van der Waals surface area contributed by atoms with Crippen molar-refractivity contribution in [2.45, 2.75) is 33.1 Å². The van der Waals surface area contributed by atoms with Gasteiger partial charge in [-0.1, -0.05) is 38.2 Å². The van der Waals surface area contributed by atoms with Gasteiger partial charge in [0.1, 0.15) is 0 Å². The first-order valence-corrected chi connectivity index (χ1v) is 5.35. The molecule has 0 nitrogen and oxygen atoms in total. The third kappa shape index (κ3) is 1.63. The van der Waals surface area contributed by atoms with Crippen molar-refractivity contribution in [3.8, 4) is 0 Å². The van der Waals surface area contributed by atoms with Crippen LogP contribution >= 0.6 is 0 Å². The second-order valence-corrected chi connectivity index (χ2v) is 4.41. The zero-order valence-electron chi connectivity index (χ0n) is 8.59. The van der Waals surface area contributed by atoms with Gasteiger partial charge < -0.3 is 0 Å². The van der Waals surface area contributed by atoms with Crippen LogP contribution < -0.4 is 0 Å². The van der Waals surface area contributed by atoms with Crippen molar-refractivity contribution in [2.24, 2.45) is 11.8 Å². The summed E-state index contributed by atoms with van der Waals surface area (Å²) in [7, 11) is 0. The first kappa shape index (κ1) is 8.80. The van der Waals surface area contributed by atoms with E-state index < -0.39 is 0 Å². The normalized spacial score (nSPS) is 26.8. The molecular formula is C13H18. The van der Waals surface area contributed by atoms with Crippen molar-refractivity contribution in [2.75, 3.05) is 0 Å². The fourth-order valence-electron chi connectivity index (χ4n) is 2.44. The van der Waals surface area contributed by atoms with Crippen molar-refractivity contribution in [1.82, 2.24) is 0 Å². The first-order chi connectivity index (χ1) is 6.29. The van der Waals surface area contributed by atoms with Gasteiger partial charge in [0.05, 0.1) is 0 Å². The van der Waals surface area contributed by atoms with Crippen LogP contribution in [0.15, 0.2) is 35.5 Å². The molecule has 0 fully saturated rings. The van der Waals surface area contributed by atoms with Gasteiger partial charge in [0.15, 0.2) is 0 Å². The van der Waals surface area contributed by atoms with Crippen molar-refractivity contribution in [3.63, 3.8) is 0 Å². The van der Waals surface area contributed by atoms with Gasteiger partial charge in [0, 0.05) is 0 Å². The summed E-state index contributed by atoms with van der Waals surface area (Å²) in [5.74, 6) is 1.60. The van der Waals surface area contributed by atoms with Gasteiger partial charge in [-0.25, -0.2) is 0 Å². The van der Waals surface area contributed by atoms with E-state index in [0.29, 0.717) is 0 Å². The SMILES string of the molecule is CC(C)C1CCC=C2CC=CC=C21. The van der Waals surface area contributed by atoms with E-state index in [4.69, 9.17) is 0 Å². The lowest BCUT2D eigenvalue weighted by molar-refractivity contribution is 0.410. The molecule has 0 aromatic heterocycles. The fourth-order valence-corrected chi connectivity index (χ4v) is 2.44. The van der Waals surface area contributed by atoms with E-state index >= 15 is 0 Å². The molecule has 2 aliphatic carbocycles. The van der Waals surface area contributed by atoms with E-state index in [1.165, 1.54) is 12.8 Å². The molecule has 0 saturated heterocycles. The van der Waals surface area contributed by atoms with Crippen LogP contribution in [0.1, 0.15) is 33.1 Å². The fraction of sp³-hybridized carbons (Fsp3) is 0.538. The molecule has 0 spiro atoms. The molecule has 13 heavy (non-hydrogen) atoms. The maximum Gasteiger partial charge on any atom is -0.00947 e. The molecule has 1 atom stereocenters. The lowest BCUT2D eigenvalue weighted by Gasteiger charge is -2.30. The highest BCUT2D eigenvalue weighted by Crippen LogP contribution is 2.37. The number of rotatable bonds is 1. The summed E-state index contributed by atoms with van der Waals surface area (Å²) >= 11 is 0. The monoisotopic (exact) mass is 174 g/mol. The summed E-state index contributed by atoms with van der Waals surface area (Å²) in [6.45, 7) is 4.68. The maximum atomic E-state index is 2.42. The van der Waals surface area contributed by atoms with E-state index in [1.807, 2.05) is 0 Å². The topological polar surface area (TPSA) is 0 Å². The highest BCUT2D eigenvalue weighted by Gasteiger charge is 2.23. The van der Waals surface area contributed by atoms with Gasteiger partial charge >= 0.3 is 0 Å². The molecule has 0 aromatic carbocycles. The Bertz CT molecular complexity index is 276. The Morgan fingerprint density at radius 2 is 2.23 bits per heavy atom. The van der Waals surface area contributed by atoms with Gasteiger partial charge in [0.25, 0.3) is 0 Å². The lowest BCUT2D eigenvalue weighted by Crippen LogP contribution is -2.17. The second-order valence-electron chi connectivity index (χ2n) is 4.41. The number of fused-ring (bicyclic) bond motifs is 1. The van der Waals surface area contributed by atoms with Crippen LogP contribution in [0.2, 0.25) is 0 Å². The Morgan fingerprint density at radius 1 is 1.38 bits per heavy atom. The van der Waals surface area contributed by atoms with Crippen LogP contribution in [0.4, 0.5) is 0 Å². The predicted molar refractivity (Wildman–Crippen MR) is 57.5 cm³/mol. The molecule has 0 radical (unpaired) electrons. The summed E-state index contributed by atoms with van der Waals surface area (Å²) in [6, 6.07) is 0. The Kier molecular flexibility index (Phi) is 2.39. The van der Waals surface area contributed by atoms with Gasteiger partial charge in [-0.05, 0) is 42.2 Å². The molecule has 0 saturated carbocycles. The minimum atomic E-state index is 0.793. The van der Waals surface area contributed by atoms with E-state index in [1.54, 1.807) is 11.1 Å². The van der Waals surface area contributed by atoms with E-state index in [9.17, 15) is 0 Å². The molecule has 0 bridgehead atoms. The lowest BCUT2D eigenvalue weighted by atomic mass is 9.75. The molecule has 0 heterocycles. The zero-order valence-corrected chi connectivity index (χ0v) is 8.59. The molecular weight excluding hydrogens is 156 g/mol. The summed E-state index contributed by atoms with van der Waals surface area (Å²) < 4.78 is 0. The van der Waals surface area contributed by atoms with E-state index in [2.05, 4.69) is 38.2 Å². The zero-order chi connectivity index (χ0) is 9.26. The summed E-state index contributed by atoms with van der Waals surface area (Å²) in [4.78, 5) is 0. The number of hydrogen-bond donors (Lipinski definition) is 0. The first-order valence-electron chi connectivity index (χ1n) is 5.35. The van der Waals surface area contributed by atoms with Crippen LogP contribution in [0, 0.1) is 11.8 Å². The van der Waals surface area contributed by atoms with Crippen LogP contribution in [-0.2, 0) is 0 Å². The highest BCUT2D eigenvalue weighted by atomic mass is 14.3. The number of hydrogen-bond acceptors (Lipinski definition) is 0.